The molecule has 0 aromatic heterocycles. The molecule has 2 aliphatic heterocycles. The van der Waals surface area contributed by atoms with E-state index in [1.807, 2.05) is 11.0 Å². The summed E-state index contributed by atoms with van der Waals surface area (Å²) in [4.78, 5) is 13.8. The number of rotatable bonds is 2. The van der Waals surface area contributed by atoms with E-state index in [1.54, 1.807) is 0 Å². The van der Waals surface area contributed by atoms with Crippen molar-refractivity contribution >= 4 is 27.5 Å². The quantitative estimate of drug-likeness (QED) is 0.785. The summed E-state index contributed by atoms with van der Waals surface area (Å²) in [7, 11) is 0. The minimum atomic E-state index is 0.230. The van der Waals surface area contributed by atoms with Crippen LogP contribution in [-0.4, -0.2) is 17.8 Å². The molecule has 17 heavy (non-hydrogen) atoms. The van der Waals surface area contributed by atoms with Crippen LogP contribution in [0.25, 0.3) is 0 Å². The molecule has 1 aromatic carbocycles. The Morgan fingerprint density at radius 3 is 2.94 bits per heavy atom. The van der Waals surface area contributed by atoms with Gasteiger partial charge in [-0.15, -0.1) is 0 Å². The average Bonchev–Trinajstić information content (AvgIpc) is 2.93. The van der Waals surface area contributed by atoms with E-state index >= 15 is 0 Å². The summed E-state index contributed by atoms with van der Waals surface area (Å²) in [6, 6.07) is 6.20. The predicted octanol–water partition coefficient (Wildman–Crippen LogP) is 2.46. The molecule has 1 amide bonds. The molecule has 0 radical (unpaired) electrons. The second kappa shape index (κ2) is 4.42. The summed E-state index contributed by atoms with van der Waals surface area (Å²) in [5.74, 6) is 0.667. The Hall–Kier alpha value is -0.870. The van der Waals surface area contributed by atoms with Gasteiger partial charge in [0.1, 0.15) is 0 Å². The minimum Gasteiger partial charge on any atom is -0.372 e. The second-order valence-corrected chi connectivity index (χ2v) is 5.32. The van der Waals surface area contributed by atoms with E-state index in [4.69, 9.17) is 4.74 Å². The molecule has 0 spiro atoms. The molecule has 1 unspecified atom stereocenters. The molecular weight excluding hydrogens is 282 g/mol. The summed E-state index contributed by atoms with van der Waals surface area (Å²) < 4.78 is 5.39. The first-order valence-electron chi connectivity index (χ1n) is 5.84. The lowest BCUT2D eigenvalue weighted by atomic mass is 10.1. The number of carbonyl (C=O) groups excluding carboxylic acids is 1. The molecule has 0 bridgehead atoms. The highest BCUT2D eigenvalue weighted by Crippen LogP contribution is 2.30. The van der Waals surface area contributed by atoms with Crippen LogP contribution in [0, 0.1) is 5.92 Å². The molecule has 1 atom stereocenters. The number of carbonyl (C=O) groups is 1. The first kappa shape index (κ1) is 11.2. The Balaban J connectivity index is 1.87. The number of anilines is 1. The van der Waals surface area contributed by atoms with Crippen molar-refractivity contribution in [2.75, 3.05) is 16.8 Å². The third kappa shape index (κ3) is 2.00. The Morgan fingerprint density at radius 1 is 1.35 bits per heavy atom. The van der Waals surface area contributed by atoms with Gasteiger partial charge in [0.15, 0.2) is 0 Å². The van der Waals surface area contributed by atoms with Gasteiger partial charge in [-0.25, -0.2) is 0 Å². The van der Waals surface area contributed by atoms with E-state index < -0.39 is 0 Å². The number of hydrogen-bond acceptors (Lipinski definition) is 2. The summed E-state index contributed by atoms with van der Waals surface area (Å²) in [5.41, 5.74) is 3.48. The van der Waals surface area contributed by atoms with E-state index in [0.29, 0.717) is 25.6 Å². The van der Waals surface area contributed by atoms with Gasteiger partial charge < -0.3 is 9.64 Å². The van der Waals surface area contributed by atoms with Crippen molar-refractivity contribution < 1.29 is 9.53 Å². The third-order valence-corrected chi connectivity index (χ3v) is 4.36. The number of nitrogens with zero attached hydrogens (tertiary/aromatic N) is 1. The van der Waals surface area contributed by atoms with Crippen molar-refractivity contribution in [3.63, 3.8) is 0 Å². The number of amides is 1. The highest BCUT2D eigenvalue weighted by molar-refractivity contribution is 9.09. The molecule has 2 heterocycles. The summed E-state index contributed by atoms with van der Waals surface area (Å²) in [6.45, 7) is 2.20. The Morgan fingerprint density at radius 2 is 2.18 bits per heavy atom. The van der Waals surface area contributed by atoms with Crippen LogP contribution in [0.4, 0.5) is 5.69 Å². The maximum Gasteiger partial charge on any atom is 0.227 e. The maximum atomic E-state index is 11.9. The molecule has 2 aliphatic rings. The second-order valence-electron chi connectivity index (χ2n) is 4.67. The first-order chi connectivity index (χ1) is 8.28. The Labute approximate surface area is 109 Å². The molecule has 90 valence electrons. The fourth-order valence-electron chi connectivity index (χ4n) is 2.46. The number of alkyl halides is 1. The number of hydrogen-bond donors (Lipinski definition) is 0. The van der Waals surface area contributed by atoms with E-state index in [0.717, 1.165) is 17.6 Å². The van der Waals surface area contributed by atoms with Crippen molar-refractivity contribution in [3.8, 4) is 0 Å². The zero-order chi connectivity index (χ0) is 11.8. The summed E-state index contributed by atoms with van der Waals surface area (Å²) in [6.07, 6.45) is 0.652. The molecule has 1 fully saturated rings. The van der Waals surface area contributed by atoms with Crippen molar-refractivity contribution in [2.45, 2.75) is 19.6 Å². The number of halogens is 1. The van der Waals surface area contributed by atoms with Crippen LogP contribution in [-0.2, 0) is 22.7 Å². The van der Waals surface area contributed by atoms with Crippen LogP contribution in [0.1, 0.15) is 17.5 Å². The molecule has 3 rings (SSSR count). The van der Waals surface area contributed by atoms with Crippen LogP contribution in [0.15, 0.2) is 18.2 Å². The number of ether oxygens (including phenoxy) is 1. The van der Waals surface area contributed by atoms with Crippen LogP contribution in [0.3, 0.4) is 0 Å². The average molecular weight is 296 g/mol. The van der Waals surface area contributed by atoms with Gasteiger partial charge >= 0.3 is 0 Å². The van der Waals surface area contributed by atoms with Crippen LogP contribution in [0.5, 0.6) is 0 Å². The van der Waals surface area contributed by atoms with Crippen molar-refractivity contribution in [1.82, 2.24) is 0 Å². The fourth-order valence-corrected chi connectivity index (χ4v) is 2.89. The normalized spacial score (nSPS) is 23.2. The van der Waals surface area contributed by atoms with Crippen molar-refractivity contribution in [3.05, 3.63) is 29.3 Å². The SMILES string of the molecule is O=C1CC(CBr)CN1c1ccc2c(c1)COC2. The first-order valence-corrected chi connectivity index (χ1v) is 6.96. The Bertz CT molecular complexity index is 461. The van der Waals surface area contributed by atoms with Gasteiger partial charge in [0, 0.05) is 24.0 Å². The molecular formula is C13H14BrNO2. The van der Waals surface area contributed by atoms with Gasteiger partial charge in [0.05, 0.1) is 13.2 Å². The lowest BCUT2D eigenvalue weighted by molar-refractivity contribution is -0.117. The topological polar surface area (TPSA) is 29.5 Å². The molecule has 1 aromatic rings. The zero-order valence-corrected chi connectivity index (χ0v) is 11.1. The maximum absolute atomic E-state index is 11.9. The molecule has 3 nitrogen and oxygen atoms in total. The van der Waals surface area contributed by atoms with Crippen LogP contribution in [0.2, 0.25) is 0 Å². The fraction of sp³-hybridized carbons (Fsp3) is 0.462. The van der Waals surface area contributed by atoms with Gasteiger partial charge in [-0.2, -0.15) is 0 Å². The lowest BCUT2D eigenvalue weighted by Gasteiger charge is -2.17. The van der Waals surface area contributed by atoms with Gasteiger partial charge in [-0.05, 0) is 29.2 Å². The summed E-state index contributed by atoms with van der Waals surface area (Å²) >= 11 is 3.45. The minimum absolute atomic E-state index is 0.230. The monoisotopic (exact) mass is 295 g/mol. The van der Waals surface area contributed by atoms with Gasteiger partial charge in [-0.3, -0.25) is 4.79 Å². The van der Waals surface area contributed by atoms with Crippen molar-refractivity contribution in [1.29, 1.82) is 0 Å². The van der Waals surface area contributed by atoms with Crippen molar-refractivity contribution in [2.24, 2.45) is 5.92 Å². The van der Waals surface area contributed by atoms with E-state index in [-0.39, 0.29) is 5.91 Å². The molecule has 0 N–H and O–H groups in total. The van der Waals surface area contributed by atoms with Gasteiger partial charge in [-0.1, -0.05) is 22.0 Å². The van der Waals surface area contributed by atoms with E-state index in [2.05, 4.69) is 28.1 Å². The molecule has 4 heteroatoms. The van der Waals surface area contributed by atoms with E-state index in [1.165, 1.54) is 11.1 Å². The van der Waals surface area contributed by atoms with Gasteiger partial charge in [0.25, 0.3) is 0 Å². The van der Waals surface area contributed by atoms with Crippen LogP contribution < -0.4 is 4.90 Å². The summed E-state index contributed by atoms with van der Waals surface area (Å²) in [5, 5.41) is 0.892. The number of benzene rings is 1. The van der Waals surface area contributed by atoms with Crippen LogP contribution >= 0.6 is 15.9 Å². The smallest absolute Gasteiger partial charge is 0.227 e. The standard InChI is InChI=1S/C13H14BrNO2/c14-5-9-3-13(16)15(6-9)12-2-1-10-7-17-8-11(10)4-12/h1-2,4,9H,3,5-8H2. The Kier molecular flexibility index (Phi) is 2.92. The molecule has 0 aliphatic carbocycles. The van der Waals surface area contributed by atoms with E-state index in [9.17, 15) is 4.79 Å². The lowest BCUT2D eigenvalue weighted by Crippen LogP contribution is -2.24. The van der Waals surface area contributed by atoms with Gasteiger partial charge in [0.2, 0.25) is 5.91 Å². The number of fused-ring (bicyclic) bond motifs is 1. The highest BCUT2D eigenvalue weighted by Gasteiger charge is 2.30. The molecule has 0 saturated carbocycles. The zero-order valence-electron chi connectivity index (χ0n) is 9.49. The molecule has 1 saturated heterocycles. The third-order valence-electron chi connectivity index (χ3n) is 3.44. The largest absolute Gasteiger partial charge is 0.372 e. The predicted molar refractivity (Wildman–Crippen MR) is 69.2 cm³/mol. The highest BCUT2D eigenvalue weighted by atomic mass is 79.9.